The number of carboxylic acid groups (broad SMARTS) is 4. The number of phenols is 2. The fourth-order valence-electron chi connectivity index (χ4n) is 10.9. The zero-order chi connectivity index (χ0) is 68.4. The molecule has 11 N–H and O–H groups in total. The molecule has 2 aliphatic heterocycles. The van der Waals surface area contributed by atoms with E-state index in [9.17, 15) is 93.3 Å². The third-order valence-electron chi connectivity index (χ3n) is 15.8. The van der Waals surface area contributed by atoms with Crippen LogP contribution in [0.1, 0.15) is 76.8 Å². The standard InChI is InChI=1S/C61H88ClN9O19S2/c1-36(2)20-41(60(89)64-37(3)34-91)24-44(73)28-63-58(87)42(21-39-6-10-50(75)46(62)22-39)26-52(77)49-27-45(74)29-71(49)61(90)48(35-92)66-59(88)40(7-11-54(79)80)25-51(76)47(23-38-4-8-43(72)9-5-38)65-53(78)30-67-12-14-68(31-55(81)82)16-18-70(33-57(85)86)19-17-69(15-13-67)32-56(83)84/h4-6,8-10,22,36-37,40-42,45,47-49,72,74-75,91-92H,7,11-21,23-35H2,1-3H3,(H,63,87)(H,64,89)(H,65,78)(H,66,88)(H,79,80)(H,81,82)(H,83,84)(H,85,86)/t37-,40+,41-,42-,45-,47+,48+,49+/m1/s1. The number of carbonyl (C=O) groups is 12. The Balaban J connectivity index is 1.56. The van der Waals surface area contributed by atoms with Gasteiger partial charge in [-0.05, 0) is 73.9 Å². The van der Waals surface area contributed by atoms with Crippen molar-refractivity contribution in [3.8, 4) is 11.5 Å². The van der Waals surface area contributed by atoms with E-state index in [2.05, 4.69) is 46.5 Å². The summed E-state index contributed by atoms with van der Waals surface area (Å²) in [5, 5.41) is 80.5. The van der Waals surface area contributed by atoms with E-state index in [-0.39, 0.29) is 119 Å². The van der Waals surface area contributed by atoms with Crippen molar-refractivity contribution in [3.05, 3.63) is 58.6 Å². The molecule has 2 aliphatic rings. The zero-order valence-corrected chi connectivity index (χ0v) is 54.5. The smallest absolute Gasteiger partial charge is 0.317 e. The molecule has 92 heavy (non-hydrogen) atoms. The van der Waals surface area contributed by atoms with E-state index in [0.29, 0.717) is 23.3 Å². The summed E-state index contributed by atoms with van der Waals surface area (Å²) in [6.07, 6.45) is -4.04. The number of aliphatic hydroxyl groups excluding tert-OH is 1. The summed E-state index contributed by atoms with van der Waals surface area (Å²) in [6, 6.07) is 5.22. The molecule has 2 heterocycles. The third kappa shape index (κ3) is 27.7. The molecular weight excluding hydrogens is 1260 g/mol. The number of β-amino-alcohol motifs (C(OH)–C–C–N with tert-alkyl or cyclic N) is 1. The first-order chi connectivity index (χ1) is 43.4. The van der Waals surface area contributed by atoms with Crippen LogP contribution in [0.25, 0.3) is 0 Å². The van der Waals surface area contributed by atoms with E-state index in [4.69, 9.17) is 11.6 Å². The highest BCUT2D eigenvalue weighted by Crippen LogP contribution is 2.29. The summed E-state index contributed by atoms with van der Waals surface area (Å²) in [5.41, 5.74) is 0.856. The molecule has 510 valence electrons. The number of ketones is 3. The number of phenolic OH excluding ortho intramolecular Hbond substituents is 2. The number of rotatable bonds is 36. The number of carboxylic acids is 4. The van der Waals surface area contributed by atoms with Crippen LogP contribution in [0.15, 0.2) is 42.5 Å². The van der Waals surface area contributed by atoms with Crippen LogP contribution >= 0.6 is 36.9 Å². The average molecular weight is 1350 g/mol. The van der Waals surface area contributed by atoms with Crippen molar-refractivity contribution in [2.45, 2.75) is 109 Å². The summed E-state index contributed by atoms with van der Waals surface area (Å²) >= 11 is 14.8. The average Bonchev–Trinajstić information content (AvgIpc) is 1.69. The second-order valence-corrected chi connectivity index (χ2v) is 25.1. The maximum absolute atomic E-state index is 14.6. The van der Waals surface area contributed by atoms with Crippen LogP contribution in [0.2, 0.25) is 5.02 Å². The Bertz CT molecular complexity index is 2860. The molecule has 0 saturated carbocycles. The quantitative estimate of drug-likeness (QED) is 0.0401. The first kappa shape index (κ1) is 77.5. The molecule has 0 aromatic heterocycles. The number of likely N-dealkylation sites (tertiary alicyclic amines) is 1. The minimum absolute atomic E-state index is 0.0493. The first-order valence-corrected chi connectivity index (χ1v) is 32.0. The SMILES string of the molecule is CC(C)C[C@H](CC(=O)CNC(=O)[C@@H](CC(=O)[C@@H]1C[C@@H](O)CN1C(=O)[C@H](CS)NC(=O)[C@@H](CCC(=O)O)CC(=O)[C@H](Cc1ccc(O)cc1)NC(=O)CN1CCN(CC(=O)O)CCN(CC(=O)O)CCN(CC(=O)O)CC1)Cc1ccc(O)c(Cl)c1)C(=O)N[C@H](C)CS. The largest absolute Gasteiger partial charge is 0.508 e. The van der Waals surface area contributed by atoms with E-state index in [1.165, 1.54) is 42.5 Å². The van der Waals surface area contributed by atoms with Gasteiger partial charge in [-0.25, -0.2) is 0 Å². The number of Topliss-reactive ketones (excluding diaryl/α,β-unsaturated/α-hetero) is 3. The lowest BCUT2D eigenvalue weighted by atomic mass is 9.90. The van der Waals surface area contributed by atoms with Crippen molar-refractivity contribution in [1.82, 2.24) is 45.8 Å². The van der Waals surface area contributed by atoms with Gasteiger partial charge in [0, 0.05) is 126 Å². The van der Waals surface area contributed by atoms with Crippen LogP contribution in [-0.2, 0) is 70.4 Å². The number of aromatic hydroxyl groups is 2. The molecule has 5 amide bonds. The Labute approximate surface area is 549 Å². The number of aliphatic hydroxyl groups is 1. The minimum atomic E-state index is -1.55. The minimum Gasteiger partial charge on any atom is -0.508 e. The Morgan fingerprint density at radius 3 is 1.63 bits per heavy atom. The monoisotopic (exact) mass is 1350 g/mol. The molecule has 2 aromatic rings. The van der Waals surface area contributed by atoms with Crippen LogP contribution < -0.4 is 21.3 Å². The molecule has 28 nitrogen and oxygen atoms in total. The molecule has 0 bridgehead atoms. The van der Waals surface area contributed by atoms with Crippen LogP contribution in [-0.4, -0.2) is 264 Å². The second-order valence-electron chi connectivity index (χ2n) is 24.0. The van der Waals surface area contributed by atoms with Gasteiger partial charge in [-0.2, -0.15) is 25.3 Å². The topological polar surface area (TPSA) is 411 Å². The van der Waals surface area contributed by atoms with Crippen molar-refractivity contribution in [2.75, 3.05) is 103 Å². The highest BCUT2D eigenvalue weighted by atomic mass is 35.5. The number of hydrogen-bond donors (Lipinski definition) is 13. The van der Waals surface area contributed by atoms with Gasteiger partial charge >= 0.3 is 23.9 Å². The number of thiol groups is 2. The molecule has 2 fully saturated rings. The van der Waals surface area contributed by atoms with Crippen molar-refractivity contribution in [1.29, 1.82) is 0 Å². The Kier molecular flexibility index (Phi) is 32.8. The number of carbonyl (C=O) groups excluding carboxylic acids is 8. The van der Waals surface area contributed by atoms with E-state index in [0.717, 1.165) is 4.90 Å². The van der Waals surface area contributed by atoms with Crippen molar-refractivity contribution >= 4 is 108 Å². The van der Waals surface area contributed by atoms with Gasteiger partial charge in [0.2, 0.25) is 29.5 Å². The third-order valence-corrected chi connectivity index (χ3v) is 17.0. The highest BCUT2D eigenvalue weighted by Gasteiger charge is 2.43. The van der Waals surface area contributed by atoms with Gasteiger partial charge in [0.05, 0.1) is 55.9 Å². The molecule has 2 aromatic carbocycles. The molecule has 0 spiro atoms. The maximum Gasteiger partial charge on any atom is 0.317 e. The maximum atomic E-state index is 14.6. The lowest BCUT2D eigenvalue weighted by Gasteiger charge is -2.33. The van der Waals surface area contributed by atoms with E-state index in [1.807, 2.05) is 13.8 Å². The normalized spacial score (nSPS) is 18.4. The van der Waals surface area contributed by atoms with E-state index < -0.39 is 171 Å². The number of nitrogens with one attached hydrogen (secondary N) is 4. The van der Waals surface area contributed by atoms with Crippen LogP contribution in [0.3, 0.4) is 0 Å². The van der Waals surface area contributed by atoms with Crippen molar-refractivity contribution < 1.29 is 93.3 Å². The first-order valence-electron chi connectivity index (χ1n) is 30.4. The molecular formula is C61H88ClN9O19S2. The lowest BCUT2D eigenvalue weighted by Crippen LogP contribution is -2.54. The number of hydrogen-bond acceptors (Lipinski definition) is 21. The molecule has 0 unspecified atom stereocenters. The second kappa shape index (κ2) is 38.9. The predicted molar refractivity (Wildman–Crippen MR) is 341 cm³/mol. The Hall–Kier alpha value is -6.93. The summed E-state index contributed by atoms with van der Waals surface area (Å²) in [4.78, 5) is 167. The van der Waals surface area contributed by atoms with E-state index >= 15 is 0 Å². The van der Waals surface area contributed by atoms with Gasteiger partial charge in [-0.3, -0.25) is 77.1 Å². The summed E-state index contributed by atoms with van der Waals surface area (Å²) in [5.74, 6) is -14.1. The van der Waals surface area contributed by atoms with Crippen molar-refractivity contribution in [2.24, 2.45) is 23.7 Å². The van der Waals surface area contributed by atoms with E-state index in [1.54, 1.807) is 26.5 Å². The summed E-state index contributed by atoms with van der Waals surface area (Å²) in [6.45, 7) is 3.78. The lowest BCUT2D eigenvalue weighted by molar-refractivity contribution is -0.142. The number of nitrogens with zero attached hydrogens (tertiary/aromatic N) is 5. The fourth-order valence-corrected chi connectivity index (χ4v) is 11.5. The molecule has 0 aliphatic carbocycles. The summed E-state index contributed by atoms with van der Waals surface area (Å²) < 4.78 is 0. The number of halogens is 1. The van der Waals surface area contributed by atoms with Gasteiger partial charge in [0.15, 0.2) is 17.3 Å². The number of amides is 5. The number of aliphatic carboxylic acids is 4. The Morgan fingerprint density at radius 2 is 1.13 bits per heavy atom. The molecule has 2 saturated heterocycles. The van der Waals surface area contributed by atoms with Gasteiger partial charge in [0.25, 0.3) is 0 Å². The zero-order valence-electron chi connectivity index (χ0n) is 52.0. The Morgan fingerprint density at radius 1 is 0.598 bits per heavy atom. The molecule has 31 heteroatoms. The van der Waals surface area contributed by atoms with Gasteiger partial charge in [-0.1, -0.05) is 43.6 Å². The van der Waals surface area contributed by atoms with Crippen LogP contribution in [0.4, 0.5) is 0 Å². The summed E-state index contributed by atoms with van der Waals surface area (Å²) in [7, 11) is 0. The van der Waals surface area contributed by atoms with Gasteiger partial charge in [-0.15, -0.1) is 0 Å². The van der Waals surface area contributed by atoms with Crippen molar-refractivity contribution in [3.63, 3.8) is 0 Å². The van der Waals surface area contributed by atoms with Crippen LogP contribution in [0.5, 0.6) is 11.5 Å². The van der Waals surface area contributed by atoms with Crippen LogP contribution in [0, 0.1) is 23.7 Å². The fraction of sp³-hybridized carbons (Fsp3) is 0.607. The molecule has 4 rings (SSSR count). The molecule has 8 atom stereocenters. The number of benzene rings is 2. The highest BCUT2D eigenvalue weighted by molar-refractivity contribution is 7.80. The molecule has 0 radical (unpaired) electrons. The predicted octanol–water partition coefficient (Wildman–Crippen LogP) is 0.0608. The van der Waals surface area contributed by atoms with Gasteiger partial charge < -0.3 is 61.9 Å². The van der Waals surface area contributed by atoms with Gasteiger partial charge in [0.1, 0.15) is 17.5 Å².